The smallest absolute Gasteiger partial charge is 0.251 e. The minimum absolute atomic E-state index is 0.0149. The predicted molar refractivity (Wildman–Crippen MR) is 133 cm³/mol. The maximum absolute atomic E-state index is 14.9. The molecule has 4 N–H and O–H groups in total. The van der Waals surface area contributed by atoms with Crippen molar-refractivity contribution < 1.29 is 27.9 Å². The van der Waals surface area contributed by atoms with E-state index >= 15 is 0 Å². The zero-order valence-corrected chi connectivity index (χ0v) is 20.5. The minimum Gasteiger partial charge on any atom is -0.449 e. The highest BCUT2D eigenvalue weighted by Gasteiger charge is 2.32. The zero-order valence-electron chi connectivity index (χ0n) is 19.7. The van der Waals surface area contributed by atoms with E-state index in [4.69, 9.17) is 10.2 Å². The van der Waals surface area contributed by atoms with E-state index in [2.05, 4.69) is 20.3 Å². The van der Waals surface area contributed by atoms with E-state index in [-0.39, 0.29) is 38.9 Å². The third-order valence-electron chi connectivity index (χ3n) is 5.98. The van der Waals surface area contributed by atoms with E-state index in [9.17, 15) is 23.5 Å². The molecule has 37 heavy (non-hydrogen) atoms. The molecule has 190 valence electrons. The number of aromatic nitrogens is 1. The normalized spacial score (nSPS) is 17.3. The van der Waals surface area contributed by atoms with E-state index in [0.29, 0.717) is 29.6 Å². The van der Waals surface area contributed by atoms with Gasteiger partial charge in [0.25, 0.3) is 5.91 Å². The number of primary amides is 1. The van der Waals surface area contributed by atoms with Crippen LogP contribution >= 0.6 is 11.3 Å². The molecule has 9 nitrogen and oxygen atoms in total. The number of thiophene rings is 1. The molecule has 0 bridgehead atoms. The Balaban J connectivity index is 1.42. The summed E-state index contributed by atoms with van der Waals surface area (Å²) in [5, 5.41) is 13.3. The highest BCUT2D eigenvalue weighted by Crippen LogP contribution is 2.40. The van der Waals surface area contributed by atoms with Gasteiger partial charge in [-0.05, 0) is 37.6 Å². The molecule has 4 heterocycles. The number of halogens is 2. The monoisotopic (exact) mass is 525 g/mol. The van der Waals surface area contributed by atoms with Crippen molar-refractivity contribution in [1.29, 1.82) is 0 Å². The number of nitrogens with zero attached hydrogens (tertiary/aromatic N) is 3. The number of allylic oxidation sites excluding steroid dienone is 1. The molecule has 1 aromatic carbocycles. The molecule has 1 unspecified atom stereocenters. The molecule has 2 aromatic heterocycles. The number of nitrogens with one attached hydrogen (secondary N) is 1. The molecule has 5 rings (SSSR count). The third kappa shape index (κ3) is 4.85. The fourth-order valence-electron chi connectivity index (χ4n) is 4.08. The van der Waals surface area contributed by atoms with Crippen LogP contribution in [0.1, 0.15) is 42.1 Å². The summed E-state index contributed by atoms with van der Waals surface area (Å²) in [5.41, 5.74) is 4.80. The Morgan fingerprint density at radius 3 is 2.62 bits per heavy atom. The van der Waals surface area contributed by atoms with E-state index < -0.39 is 29.1 Å². The number of aliphatic imine (C=N–C) groups is 2. The number of fused-ring (bicyclic) bond motifs is 1. The summed E-state index contributed by atoms with van der Waals surface area (Å²) in [4.78, 5) is 37.4. The number of carbonyl (C=O) groups excluding carboxylic acids is 2. The third-order valence-corrected chi connectivity index (χ3v) is 7.05. The predicted octanol–water partition coefficient (Wildman–Crippen LogP) is 3.95. The number of carbonyl (C=O) groups is 2. The Morgan fingerprint density at radius 1 is 1.27 bits per heavy atom. The molecule has 1 atom stereocenters. The molecule has 0 saturated carbocycles. The van der Waals surface area contributed by atoms with E-state index in [1.165, 1.54) is 32.4 Å². The Hall–Kier alpha value is -4.03. The summed E-state index contributed by atoms with van der Waals surface area (Å²) >= 11 is 0.915. The lowest BCUT2D eigenvalue weighted by molar-refractivity contribution is -0.121. The van der Waals surface area contributed by atoms with Gasteiger partial charge in [0, 0.05) is 23.8 Å². The molecule has 2 amide bonds. The second kappa shape index (κ2) is 9.12. The number of hydrogen-bond donors (Lipinski definition) is 3. The van der Waals surface area contributed by atoms with Crippen molar-refractivity contribution in [2.45, 2.75) is 32.3 Å². The number of rotatable bonds is 7. The number of oxazole rings is 1. The van der Waals surface area contributed by atoms with Crippen molar-refractivity contribution in [3.63, 3.8) is 0 Å². The fourth-order valence-corrected chi connectivity index (χ4v) is 5.20. The number of amides is 2. The largest absolute Gasteiger partial charge is 0.449 e. The van der Waals surface area contributed by atoms with Crippen LogP contribution in [0.15, 0.2) is 57.0 Å². The van der Waals surface area contributed by atoms with Crippen molar-refractivity contribution >= 4 is 39.6 Å². The van der Waals surface area contributed by atoms with Crippen LogP contribution in [0, 0.1) is 17.6 Å². The van der Waals surface area contributed by atoms with Crippen LogP contribution in [0.5, 0.6) is 0 Å². The van der Waals surface area contributed by atoms with Crippen LogP contribution in [-0.4, -0.2) is 33.3 Å². The van der Waals surface area contributed by atoms with Gasteiger partial charge in [0.2, 0.25) is 5.91 Å². The SMILES string of the molecule is CC(C)(O)c1cc(F)c(-c2cc(C(N)=O)c(NC3=CC4=NC(=O)C(Cc5ncco5)CC4=N3)s2)c(F)c1. The lowest BCUT2D eigenvalue weighted by atomic mass is 9.93. The average molecular weight is 526 g/mol. The fraction of sp³-hybridized carbons (Fsp3) is 0.240. The second-order valence-corrected chi connectivity index (χ2v) is 10.2. The van der Waals surface area contributed by atoms with Gasteiger partial charge in [-0.15, -0.1) is 11.3 Å². The Labute approximate surface area is 213 Å². The molecular weight excluding hydrogens is 504 g/mol. The van der Waals surface area contributed by atoms with Gasteiger partial charge >= 0.3 is 0 Å². The van der Waals surface area contributed by atoms with Gasteiger partial charge in [0.05, 0.1) is 40.3 Å². The van der Waals surface area contributed by atoms with Crippen molar-refractivity contribution in [1.82, 2.24) is 4.98 Å². The molecule has 12 heteroatoms. The van der Waals surface area contributed by atoms with Crippen molar-refractivity contribution in [3.8, 4) is 10.4 Å². The summed E-state index contributed by atoms with van der Waals surface area (Å²) in [7, 11) is 0. The zero-order chi connectivity index (χ0) is 26.5. The first kappa shape index (κ1) is 24.7. The molecule has 3 aromatic rings. The highest BCUT2D eigenvalue weighted by molar-refractivity contribution is 7.19. The highest BCUT2D eigenvalue weighted by atomic mass is 32.1. The lowest BCUT2D eigenvalue weighted by Crippen LogP contribution is -2.28. The Kier molecular flexibility index (Phi) is 6.08. The van der Waals surface area contributed by atoms with Gasteiger partial charge in [-0.2, -0.15) is 0 Å². The van der Waals surface area contributed by atoms with Gasteiger partial charge in [-0.25, -0.2) is 23.7 Å². The molecule has 0 spiro atoms. The van der Waals surface area contributed by atoms with Crippen LogP contribution in [0.4, 0.5) is 13.8 Å². The van der Waals surface area contributed by atoms with Gasteiger partial charge in [-0.3, -0.25) is 9.59 Å². The number of nitrogens with two attached hydrogens (primary N) is 1. The van der Waals surface area contributed by atoms with Gasteiger partial charge in [-0.1, -0.05) is 0 Å². The molecule has 0 saturated heterocycles. The summed E-state index contributed by atoms with van der Waals surface area (Å²) < 4.78 is 35.0. The molecule has 0 fully saturated rings. The first-order valence-electron chi connectivity index (χ1n) is 11.2. The van der Waals surface area contributed by atoms with Crippen molar-refractivity contribution in [2.24, 2.45) is 21.6 Å². The minimum atomic E-state index is -1.44. The first-order chi connectivity index (χ1) is 17.5. The first-order valence-corrected chi connectivity index (χ1v) is 12.0. The van der Waals surface area contributed by atoms with Gasteiger partial charge in [0.15, 0.2) is 5.89 Å². The van der Waals surface area contributed by atoms with Crippen molar-refractivity contribution in [3.05, 3.63) is 71.2 Å². The van der Waals surface area contributed by atoms with Gasteiger partial charge in [0.1, 0.15) is 28.7 Å². The molecule has 2 aliphatic rings. The van der Waals surface area contributed by atoms with Crippen LogP contribution in [0.25, 0.3) is 10.4 Å². The van der Waals surface area contributed by atoms with Crippen molar-refractivity contribution in [2.75, 3.05) is 5.32 Å². The Bertz CT molecular complexity index is 1490. The quantitative estimate of drug-likeness (QED) is 0.426. The maximum atomic E-state index is 14.9. The number of benzene rings is 1. The van der Waals surface area contributed by atoms with E-state index in [1.54, 1.807) is 6.08 Å². The average Bonchev–Trinajstić information content (AvgIpc) is 3.53. The topological polar surface area (TPSA) is 143 Å². The Morgan fingerprint density at radius 2 is 2.00 bits per heavy atom. The summed E-state index contributed by atoms with van der Waals surface area (Å²) in [6.07, 6.45) is 5.09. The molecule has 0 radical (unpaired) electrons. The summed E-state index contributed by atoms with van der Waals surface area (Å²) in [5.74, 6) is -2.65. The summed E-state index contributed by atoms with van der Waals surface area (Å²) in [6.45, 7) is 2.84. The number of hydrogen-bond acceptors (Lipinski definition) is 8. The summed E-state index contributed by atoms with van der Waals surface area (Å²) in [6, 6.07) is 3.40. The standard InChI is InChI=1S/C25H21F2N5O4S/c1-25(2,35)12-7-14(26)21(15(27)8-12)18-9-13(22(28)33)24(37-18)32-19-10-17-16(30-19)5-11(23(34)31-17)6-20-29-3-4-36-20/h3-4,7-11,32,35H,5-6H2,1-2H3,(H2,28,33). The van der Waals surface area contributed by atoms with Crippen LogP contribution in [-0.2, 0) is 16.8 Å². The molecule has 2 aliphatic heterocycles. The maximum Gasteiger partial charge on any atom is 0.251 e. The van der Waals surface area contributed by atoms with Crippen LogP contribution in [0.3, 0.4) is 0 Å². The van der Waals surface area contributed by atoms with Crippen LogP contribution in [0.2, 0.25) is 0 Å². The van der Waals surface area contributed by atoms with E-state index in [0.717, 1.165) is 23.5 Å². The van der Waals surface area contributed by atoms with E-state index in [1.807, 2.05) is 0 Å². The number of anilines is 1. The number of aliphatic hydroxyl groups is 1. The van der Waals surface area contributed by atoms with Crippen LogP contribution < -0.4 is 11.1 Å². The molecule has 0 aliphatic carbocycles. The lowest BCUT2D eigenvalue weighted by Gasteiger charge is -2.18. The van der Waals surface area contributed by atoms with Gasteiger partial charge < -0.3 is 20.6 Å². The molecular formula is C25H21F2N5O4S. The second-order valence-electron chi connectivity index (χ2n) is 9.17.